The number of benzene rings is 1. The monoisotopic (exact) mass is 333 g/mol. The van der Waals surface area contributed by atoms with Crippen LogP contribution in [0.3, 0.4) is 0 Å². The number of carbonyl (C=O) groups is 4. The zero-order valence-electron chi connectivity index (χ0n) is 13.3. The van der Waals surface area contributed by atoms with E-state index in [-0.39, 0.29) is 17.5 Å². The number of amides is 2. The summed E-state index contributed by atoms with van der Waals surface area (Å²) in [5.74, 6) is -2.35. The van der Waals surface area contributed by atoms with Gasteiger partial charge in [0.1, 0.15) is 5.75 Å². The Morgan fingerprint density at radius 1 is 1.04 bits per heavy atom. The molecule has 1 fully saturated rings. The van der Waals surface area contributed by atoms with E-state index in [1.54, 1.807) is 6.07 Å². The molecular weight excluding hydrogens is 318 g/mol. The lowest BCUT2D eigenvalue weighted by atomic mass is 10.1. The van der Waals surface area contributed by atoms with E-state index in [1.807, 2.05) is 0 Å². The average Bonchev–Trinajstić information content (AvgIpc) is 3.30. The molecule has 3 rings (SSSR count). The van der Waals surface area contributed by atoms with Crippen LogP contribution in [0.4, 0.5) is 0 Å². The minimum atomic E-state index is -1.65. The highest BCUT2D eigenvalue weighted by atomic mass is 16.5. The third-order valence-electron chi connectivity index (χ3n) is 4.46. The summed E-state index contributed by atoms with van der Waals surface area (Å²) in [5, 5.41) is 0. The topological polar surface area (TPSA) is 99.2 Å². The standard InChI is InChI=1S/C16H15NO7/c1-22-8-4-5-9-10(6-8)13(19)17(12(9)18)11-7-16(11,14(20)23-2)15(21)24-3/h4-6,11H,7H2,1-3H3. The Hall–Kier alpha value is -2.90. The van der Waals surface area contributed by atoms with E-state index in [4.69, 9.17) is 4.74 Å². The first-order valence-corrected chi connectivity index (χ1v) is 7.15. The van der Waals surface area contributed by atoms with Gasteiger partial charge >= 0.3 is 11.9 Å². The minimum Gasteiger partial charge on any atom is -0.497 e. The van der Waals surface area contributed by atoms with Crippen molar-refractivity contribution in [3.63, 3.8) is 0 Å². The predicted octanol–water partition coefficient (Wildman–Crippen LogP) is 0.396. The number of nitrogens with zero attached hydrogens (tertiary/aromatic N) is 1. The molecule has 0 spiro atoms. The highest BCUT2D eigenvalue weighted by Gasteiger charge is 2.72. The van der Waals surface area contributed by atoms with Crippen molar-refractivity contribution in [3.8, 4) is 5.75 Å². The van der Waals surface area contributed by atoms with Crippen LogP contribution in [-0.2, 0) is 19.1 Å². The summed E-state index contributed by atoms with van der Waals surface area (Å²) < 4.78 is 14.4. The van der Waals surface area contributed by atoms with Crippen LogP contribution in [0.5, 0.6) is 5.75 Å². The van der Waals surface area contributed by atoms with Crippen LogP contribution >= 0.6 is 0 Å². The fourth-order valence-corrected chi connectivity index (χ4v) is 3.09. The van der Waals surface area contributed by atoms with Gasteiger partial charge in [0.2, 0.25) is 0 Å². The van der Waals surface area contributed by atoms with E-state index < -0.39 is 35.2 Å². The molecular formula is C16H15NO7. The van der Waals surface area contributed by atoms with Crippen LogP contribution in [-0.4, -0.2) is 56.0 Å². The lowest BCUT2D eigenvalue weighted by Gasteiger charge is -2.18. The van der Waals surface area contributed by atoms with Gasteiger partial charge in [0, 0.05) is 0 Å². The summed E-state index contributed by atoms with van der Waals surface area (Å²) >= 11 is 0. The first-order chi connectivity index (χ1) is 11.4. The smallest absolute Gasteiger partial charge is 0.325 e. The van der Waals surface area contributed by atoms with Crippen molar-refractivity contribution in [2.45, 2.75) is 12.5 Å². The highest BCUT2D eigenvalue weighted by molar-refractivity contribution is 6.23. The summed E-state index contributed by atoms with van der Waals surface area (Å²) in [7, 11) is 3.71. The zero-order valence-corrected chi connectivity index (χ0v) is 13.3. The Morgan fingerprint density at radius 2 is 1.62 bits per heavy atom. The first-order valence-electron chi connectivity index (χ1n) is 7.15. The number of rotatable bonds is 4. The van der Waals surface area contributed by atoms with E-state index in [2.05, 4.69) is 9.47 Å². The quantitative estimate of drug-likeness (QED) is 0.446. The van der Waals surface area contributed by atoms with Crippen molar-refractivity contribution >= 4 is 23.8 Å². The molecule has 0 radical (unpaired) electrons. The van der Waals surface area contributed by atoms with Gasteiger partial charge in [-0.25, -0.2) is 0 Å². The van der Waals surface area contributed by atoms with Crippen molar-refractivity contribution < 1.29 is 33.4 Å². The van der Waals surface area contributed by atoms with Gasteiger partial charge in [-0.3, -0.25) is 24.1 Å². The molecule has 1 heterocycles. The van der Waals surface area contributed by atoms with Crippen molar-refractivity contribution in [1.82, 2.24) is 4.90 Å². The molecule has 0 aromatic heterocycles. The van der Waals surface area contributed by atoms with Gasteiger partial charge < -0.3 is 14.2 Å². The largest absolute Gasteiger partial charge is 0.497 e. The molecule has 24 heavy (non-hydrogen) atoms. The molecule has 1 aromatic carbocycles. The zero-order chi connectivity index (χ0) is 17.6. The number of methoxy groups -OCH3 is 3. The maximum Gasteiger partial charge on any atom is 0.325 e. The number of imide groups is 1. The Labute approximate surface area is 137 Å². The number of carbonyl (C=O) groups excluding carboxylic acids is 4. The summed E-state index contributed by atoms with van der Waals surface area (Å²) in [5.41, 5.74) is -1.27. The molecule has 1 unspecified atom stereocenters. The summed E-state index contributed by atoms with van der Waals surface area (Å²) in [6.07, 6.45) is -0.0189. The number of ether oxygens (including phenoxy) is 3. The maximum atomic E-state index is 12.6. The van der Waals surface area contributed by atoms with Crippen LogP contribution in [0.2, 0.25) is 0 Å². The molecule has 8 nitrogen and oxygen atoms in total. The summed E-state index contributed by atoms with van der Waals surface area (Å²) in [4.78, 5) is 50.2. The van der Waals surface area contributed by atoms with Gasteiger partial charge in [0.15, 0.2) is 5.41 Å². The summed E-state index contributed by atoms with van der Waals surface area (Å²) in [6, 6.07) is 3.58. The van der Waals surface area contributed by atoms with Gasteiger partial charge in [-0.05, 0) is 24.6 Å². The molecule has 1 aliphatic carbocycles. The molecule has 0 saturated heterocycles. The Bertz CT molecular complexity index is 754. The van der Waals surface area contributed by atoms with Crippen LogP contribution in [0.15, 0.2) is 18.2 Å². The van der Waals surface area contributed by atoms with Crippen LogP contribution in [0.1, 0.15) is 27.1 Å². The molecule has 126 valence electrons. The summed E-state index contributed by atoms with van der Waals surface area (Å²) in [6.45, 7) is 0. The van der Waals surface area contributed by atoms with E-state index >= 15 is 0 Å². The number of hydrogen-bond donors (Lipinski definition) is 0. The lowest BCUT2D eigenvalue weighted by Crippen LogP contribution is -2.41. The van der Waals surface area contributed by atoms with Crippen molar-refractivity contribution in [1.29, 1.82) is 0 Å². The SMILES string of the molecule is COC(=O)C1(C(=O)OC)CC1N1C(=O)c2ccc(OC)cc2C1=O. The van der Waals surface area contributed by atoms with E-state index in [0.717, 1.165) is 19.1 Å². The molecule has 2 amide bonds. The molecule has 1 saturated carbocycles. The van der Waals surface area contributed by atoms with E-state index in [1.165, 1.54) is 19.2 Å². The second-order valence-corrected chi connectivity index (χ2v) is 5.57. The second kappa shape index (κ2) is 5.33. The van der Waals surface area contributed by atoms with Gasteiger partial charge in [0.05, 0.1) is 38.5 Å². The fourth-order valence-electron chi connectivity index (χ4n) is 3.09. The Balaban J connectivity index is 1.98. The predicted molar refractivity (Wildman–Crippen MR) is 78.4 cm³/mol. The van der Waals surface area contributed by atoms with E-state index in [9.17, 15) is 19.2 Å². The third kappa shape index (κ3) is 1.92. The second-order valence-electron chi connectivity index (χ2n) is 5.57. The molecule has 0 bridgehead atoms. The molecule has 1 atom stereocenters. The number of fused-ring (bicyclic) bond motifs is 1. The van der Waals surface area contributed by atoms with Crippen molar-refractivity contribution in [2.24, 2.45) is 5.41 Å². The molecule has 1 aromatic rings. The molecule has 8 heteroatoms. The first kappa shape index (κ1) is 16.0. The van der Waals surface area contributed by atoms with Gasteiger partial charge in [-0.15, -0.1) is 0 Å². The van der Waals surface area contributed by atoms with E-state index in [0.29, 0.717) is 5.75 Å². The van der Waals surface area contributed by atoms with Gasteiger partial charge in [0.25, 0.3) is 11.8 Å². The third-order valence-corrected chi connectivity index (χ3v) is 4.46. The number of esters is 2. The van der Waals surface area contributed by atoms with Crippen LogP contribution in [0, 0.1) is 5.41 Å². The molecule has 0 N–H and O–H groups in total. The van der Waals surface area contributed by atoms with Crippen LogP contribution < -0.4 is 4.74 Å². The Kier molecular flexibility index (Phi) is 3.55. The van der Waals surface area contributed by atoms with Crippen molar-refractivity contribution in [3.05, 3.63) is 29.3 Å². The minimum absolute atomic E-state index is 0.0189. The van der Waals surface area contributed by atoms with Crippen LogP contribution in [0.25, 0.3) is 0 Å². The normalized spacial score (nSPS) is 20.5. The lowest BCUT2D eigenvalue weighted by molar-refractivity contribution is -0.161. The van der Waals surface area contributed by atoms with Gasteiger partial charge in [-0.2, -0.15) is 0 Å². The van der Waals surface area contributed by atoms with Gasteiger partial charge in [-0.1, -0.05) is 0 Å². The van der Waals surface area contributed by atoms with Crippen molar-refractivity contribution in [2.75, 3.05) is 21.3 Å². The number of hydrogen-bond acceptors (Lipinski definition) is 7. The average molecular weight is 333 g/mol. The highest BCUT2D eigenvalue weighted by Crippen LogP contribution is 2.53. The molecule has 2 aliphatic rings. The molecule has 1 aliphatic heterocycles. The Morgan fingerprint density at radius 3 is 2.17 bits per heavy atom. The fraction of sp³-hybridized carbons (Fsp3) is 0.375. The maximum absolute atomic E-state index is 12.6.